The van der Waals surface area contributed by atoms with E-state index in [1.165, 1.54) is 0 Å². The molecule has 1 aliphatic heterocycles. The summed E-state index contributed by atoms with van der Waals surface area (Å²) in [6, 6.07) is 7.63. The molecule has 19 heavy (non-hydrogen) atoms. The molecule has 0 aliphatic carbocycles. The smallest absolute Gasteiger partial charge is 0.264 e. The first-order chi connectivity index (χ1) is 9.10. The molecule has 0 saturated heterocycles. The maximum absolute atomic E-state index is 11.8. The van der Waals surface area contributed by atoms with Gasteiger partial charge in [-0.15, -0.1) is 0 Å². The molecule has 0 bridgehead atoms. The third-order valence-corrected chi connectivity index (χ3v) is 2.82. The number of ether oxygens (including phenoxy) is 1. The Hall–Kier alpha value is -2.04. The lowest BCUT2D eigenvalue weighted by atomic mass is 10.0. The van der Waals surface area contributed by atoms with E-state index in [2.05, 4.69) is 10.5 Å². The Balaban J connectivity index is 1.99. The van der Waals surface area contributed by atoms with Gasteiger partial charge in [-0.05, 0) is 43.7 Å². The molecule has 0 spiro atoms. The molecule has 1 amide bonds. The van der Waals surface area contributed by atoms with Gasteiger partial charge in [-0.2, -0.15) is 0 Å². The first kappa shape index (κ1) is 13.4. The van der Waals surface area contributed by atoms with Gasteiger partial charge in [0.25, 0.3) is 5.91 Å². The Bertz CT molecular complexity index is 480. The normalized spacial score (nSPS) is 17.9. The van der Waals surface area contributed by atoms with Gasteiger partial charge in [-0.1, -0.05) is 5.16 Å². The highest BCUT2D eigenvalue weighted by Crippen LogP contribution is 2.19. The van der Waals surface area contributed by atoms with Gasteiger partial charge >= 0.3 is 0 Å². The molecule has 1 aromatic rings. The van der Waals surface area contributed by atoms with Crippen molar-refractivity contribution in [3.63, 3.8) is 0 Å². The highest BCUT2D eigenvalue weighted by atomic mass is 16.6. The van der Waals surface area contributed by atoms with Crippen molar-refractivity contribution >= 4 is 11.6 Å². The minimum absolute atomic E-state index is 0.0983. The Morgan fingerprint density at radius 1 is 1.42 bits per heavy atom. The van der Waals surface area contributed by atoms with Crippen LogP contribution in [-0.2, 0) is 9.63 Å². The number of hydrogen-bond donors (Lipinski definition) is 1. The predicted molar refractivity (Wildman–Crippen MR) is 72.3 cm³/mol. The number of benzene rings is 1. The number of amides is 1. The largest absolute Gasteiger partial charge is 0.497 e. The van der Waals surface area contributed by atoms with Crippen LogP contribution < -0.4 is 10.1 Å². The van der Waals surface area contributed by atoms with Crippen molar-refractivity contribution in [1.82, 2.24) is 5.32 Å². The van der Waals surface area contributed by atoms with Crippen LogP contribution in [0.25, 0.3) is 0 Å². The number of carbonyl (C=O) groups is 1. The third kappa shape index (κ3) is 3.24. The molecule has 2 rings (SSSR count). The molecule has 1 N–H and O–H groups in total. The molecular weight excluding hydrogens is 244 g/mol. The van der Waals surface area contributed by atoms with E-state index < -0.39 is 6.10 Å². The summed E-state index contributed by atoms with van der Waals surface area (Å²) < 4.78 is 5.10. The van der Waals surface area contributed by atoms with Gasteiger partial charge in [0, 0.05) is 12.5 Å². The molecule has 0 fully saturated rings. The molecule has 1 atom stereocenters. The van der Waals surface area contributed by atoms with Crippen molar-refractivity contribution in [1.29, 1.82) is 0 Å². The molecule has 0 aromatic heterocycles. The monoisotopic (exact) mass is 262 g/mol. The summed E-state index contributed by atoms with van der Waals surface area (Å²) in [6.45, 7) is 3.83. The van der Waals surface area contributed by atoms with Gasteiger partial charge < -0.3 is 14.9 Å². The third-order valence-electron chi connectivity index (χ3n) is 2.82. The Kier molecular flexibility index (Phi) is 4.04. The van der Waals surface area contributed by atoms with Crippen molar-refractivity contribution in [2.24, 2.45) is 5.16 Å². The summed E-state index contributed by atoms with van der Waals surface area (Å²) in [5.41, 5.74) is 1.73. The fourth-order valence-corrected chi connectivity index (χ4v) is 1.85. The molecule has 1 aromatic carbocycles. The molecule has 5 heteroatoms. The van der Waals surface area contributed by atoms with E-state index in [4.69, 9.17) is 9.57 Å². The molecule has 1 aliphatic rings. The maximum Gasteiger partial charge on any atom is 0.264 e. The molecule has 0 saturated carbocycles. The summed E-state index contributed by atoms with van der Waals surface area (Å²) in [5, 5.41) is 6.80. The highest BCUT2D eigenvalue weighted by molar-refractivity contribution is 6.04. The average Bonchev–Trinajstić information content (AvgIpc) is 2.88. The molecular formula is C14H18N2O3. The van der Waals surface area contributed by atoms with Gasteiger partial charge in [0.15, 0.2) is 0 Å². The van der Waals surface area contributed by atoms with Gasteiger partial charge in [-0.25, -0.2) is 0 Å². The minimum atomic E-state index is -0.528. The predicted octanol–water partition coefficient (Wildman–Crippen LogP) is 1.71. The van der Waals surface area contributed by atoms with E-state index in [0.29, 0.717) is 6.42 Å². The van der Waals surface area contributed by atoms with E-state index in [1.54, 1.807) is 7.11 Å². The molecule has 0 radical (unpaired) electrons. The van der Waals surface area contributed by atoms with Crippen molar-refractivity contribution in [3.05, 3.63) is 29.8 Å². The first-order valence-electron chi connectivity index (χ1n) is 6.27. The standard InChI is InChI=1S/C14H18N2O3/c1-9(2)15-14(17)13-8-12(16-19-13)10-4-6-11(18-3)7-5-10/h4-7,9,13H,8H2,1-3H3,(H,15,17)/t13-/m1/s1. The average molecular weight is 262 g/mol. The number of hydrogen-bond acceptors (Lipinski definition) is 4. The number of nitrogens with one attached hydrogen (secondary N) is 1. The van der Waals surface area contributed by atoms with Crippen molar-refractivity contribution < 1.29 is 14.4 Å². The van der Waals surface area contributed by atoms with Crippen LogP contribution in [0.2, 0.25) is 0 Å². The van der Waals surface area contributed by atoms with Gasteiger partial charge in [0.05, 0.1) is 12.8 Å². The summed E-state index contributed by atoms with van der Waals surface area (Å²) in [6.07, 6.45) is -0.0373. The highest BCUT2D eigenvalue weighted by Gasteiger charge is 2.28. The van der Waals surface area contributed by atoms with Crippen LogP contribution >= 0.6 is 0 Å². The number of oxime groups is 1. The Morgan fingerprint density at radius 2 is 2.11 bits per heavy atom. The number of nitrogens with zero attached hydrogens (tertiary/aromatic N) is 1. The summed E-state index contributed by atoms with van der Waals surface area (Å²) in [5.74, 6) is 0.666. The lowest BCUT2D eigenvalue weighted by Crippen LogP contribution is -2.38. The van der Waals surface area contributed by atoms with E-state index >= 15 is 0 Å². The lowest BCUT2D eigenvalue weighted by molar-refractivity contribution is -0.131. The fourth-order valence-electron chi connectivity index (χ4n) is 1.85. The van der Waals surface area contributed by atoms with E-state index in [-0.39, 0.29) is 11.9 Å². The van der Waals surface area contributed by atoms with Crippen molar-refractivity contribution in [3.8, 4) is 5.75 Å². The fraction of sp³-hybridized carbons (Fsp3) is 0.429. The molecule has 0 unspecified atom stereocenters. The van der Waals surface area contributed by atoms with Crippen LogP contribution in [-0.4, -0.2) is 30.9 Å². The zero-order valence-corrected chi connectivity index (χ0v) is 11.3. The van der Waals surface area contributed by atoms with Crippen LogP contribution in [0.15, 0.2) is 29.4 Å². The lowest BCUT2D eigenvalue weighted by Gasteiger charge is -2.11. The van der Waals surface area contributed by atoms with E-state index in [0.717, 1.165) is 17.0 Å². The van der Waals surface area contributed by atoms with Crippen LogP contribution in [0.1, 0.15) is 25.8 Å². The number of methoxy groups -OCH3 is 1. The zero-order chi connectivity index (χ0) is 13.8. The molecule has 5 nitrogen and oxygen atoms in total. The van der Waals surface area contributed by atoms with E-state index in [9.17, 15) is 4.79 Å². The van der Waals surface area contributed by atoms with Crippen LogP contribution in [0, 0.1) is 0 Å². The summed E-state index contributed by atoms with van der Waals surface area (Å²) >= 11 is 0. The SMILES string of the molecule is COc1ccc(C2=NO[C@@H](C(=O)NC(C)C)C2)cc1. The maximum atomic E-state index is 11.8. The second kappa shape index (κ2) is 5.73. The second-order valence-electron chi connectivity index (χ2n) is 4.73. The molecule has 1 heterocycles. The van der Waals surface area contributed by atoms with Gasteiger partial charge in [0.2, 0.25) is 6.10 Å². The van der Waals surface area contributed by atoms with Crippen LogP contribution in [0.5, 0.6) is 5.75 Å². The summed E-state index contributed by atoms with van der Waals surface area (Å²) in [4.78, 5) is 17.0. The Morgan fingerprint density at radius 3 is 2.68 bits per heavy atom. The first-order valence-corrected chi connectivity index (χ1v) is 6.27. The van der Waals surface area contributed by atoms with E-state index in [1.807, 2.05) is 38.1 Å². The number of rotatable bonds is 4. The van der Waals surface area contributed by atoms with Crippen LogP contribution in [0.4, 0.5) is 0 Å². The second-order valence-corrected chi connectivity index (χ2v) is 4.73. The van der Waals surface area contributed by atoms with Crippen LogP contribution in [0.3, 0.4) is 0 Å². The quantitative estimate of drug-likeness (QED) is 0.898. The Labute approximate surface area is 112 Å². The minimum Gasteiger partial charge on any atom is -0.497 e. The summed E-state index contributed by atoms with van der Waals surface area (Å²) in [7, 11) is 1.62. The topological polar surface area (TPSA) is 59.9 Å². The van der Waals surface area contributed by atoms with Gasteiger partial charge in [0.1, 0.15) is 5.75 Å². The molecule has 102 valence electrons. The zero-order valence-electron chi connectivity index (χ0n) is 11.3. The van der Waals surface area contributed by atoms with Gasteiger partial charge in [-0.3, -0.25) is 4.79 Å². The van der Waals surface area contributed by atoms with Crippen molar-refractivity contribution in [2.75, 3.05) is 7.11 Å². The number of carbonyl (C=O) groups excluding carboxylic acids is 1. The van der Waals surface area contributed by atoms with Crippen molar-refractivity contribution in [2.45, 2.75) is 32.4 Å².